The molecule has 0 atom stereocenters. The summed E-state index contributed by atoms with van der Waals surface area (Å²) in [7, 11) is 3.98. The van der Waals surface area contributed by atoms with Gasteiger partial charge in [0.2, 0.25) is 0 Å². The van der Waals surface area contributed by atoms with Gasteiger partial charge in [0.25, 0.3) is 0 Å². The van der Waals surface area contributed by atoms with Gasteiger partial charge in [-0.3, -0.25) is 9.89 Å². The minimum absolute atomic E-state index is 0.0320. The average Bonchev–Trinajstić information content (AvgIpc) is 2.33. The normalized spacial score (nSPS) is 13.8. The first-order valence-electron chi connectivity index (χ1n) is 7.88. The predicted molar refractivity (Wildman–Crippen MR) is 96.3 cm³/mol. The van der Waals surface area contributed by atoms with Crippen LogP contribution in [0.2, 0.25) is 0 Å². The summed E-state index contributed by atoms with van der Waals surface area (Å²) < 4.78 is 0. The van der Waals surface area contributed by atoms with E-state index in [2.05, 4.69) is 58.7 Å². The van der Waals surface area contributed by atoms with Gasteiger partial charge in [0.05, 0.1) is 6.67 Å². The molecule has 0 unspecified atom stereocenters. The third kappa shape index (κ3) is 4.57. The Morgan fingerprint density at radius 1 is 1.05 bits per heavy atom. The smallest absolute Gasteiger partial charge is 0.128 e. The van der Waals surface area contributed by atoms with Gasteiger partial charge in [-0.2, -0.15) is 0 Å². The largest absolute Gasteiger partial charge is 0.507 e. The van der Waals surface area contributed by atoms with Crippen molar-refractivity contribution in [2.24, 2.45) is 4.99 Å². The van der Waals surface area contributed by atoms with E-state index < -0.39 is 0 Å². The molecule has 124 valence electrons. The van der Waals surface area contributed by atoms with Crippen molar-refractivity contribution in [2.75, 3.05) is 20.8 Å². The zero-order valence-corrected chi connectivity index (χ0v) is 15.7. The van der Waals surface area contributed by atoms with Gasteiger partial charge in [0.15, 0.2) is 0 Å². The Bertz CT molecular complexity index is 558. The summed E-state index contributed by atoms with van der Waals surface area (Å²) in [4.78, 5) is 6.60. The Balaban J connectivity index is 3.53. The number of phenolic OH excluding ortho intramolecular Hbond substituents is 1. The Morgan fingerprint density at radius 2 is 1.59 bits per heavy atom. The number of rotatable bonds is 3. The number of benzene rings is 1. The molecule has 0 amide bonds. The molecule has 0 radical (unpaired) electrons. The third-order valence-corrected chi connectivity index (χ3v) is 3.76. The van der Waals surface area contributed by atoms with Gasteiger partial charge in [-0.15, -0.1) is 0 Å². The minimum Gasteiger partial charge on any atom is -0.507 e. The van der Waals surface area contributed by atoms with E-state index in [0.29, 0.717) is 12.4 Å². The van der Waals surface area contributed by atoms with Crippen molar-refractivity contribution in [1.82, 2.24) is 4.90 Å². The fourth-order valence-corrected chi connectivity index (χ4v) is 2.25. The molecule has 0 saturated carbocycles. The molecule has 1 aromatic rings. The lowest BCUT2D eigenvalue weighted by Crippen LogP contribution is -2.19. The van der Waals surface area contributed by atoms with E-state index in [1.807, 2.05) is 25.9 Å². The van der Waals surface area contributed by atoms with Crippen LogP contribution in [-0.2, 0) is 10.8 Å². The maximum Gasteiger partial charge on any atom is 0.128 e. The van der Waals surface area contributed by atoms with E-state index in [1.54, 1.807) is 0 Å². The molecular weight excluding hydrogens is 272 g/mol. The van der Waals surface area contributed by atoms with Gasteiger partial charge in [-0.05, 0) is 43.5 Å². The van der Waals surface area contributed by atoms with E-state index in [1.165, 1.54) is 5.56 Å². The van der Waals surface area contributed by atoms with Crippen LogP contribution in [0.1, 0.15) is 65.2 Å². The number of hydrogen-bond acceptors (Lipinski definition) is 3. The number of aromatic hydroxyl groups is 1. The Hall–Kier alpha value is -1.35. The second kappa shape index (κ2) is 6.41. The summed E-state index contributed by atoms with van der Waals surface area (Å²) in [5.41, 5.74) is 3.85. The fourth-order valence-electron chi connectivity index (χ4n) is 2.25. The van der Waals surface area contributed by atoms with Crippen molar-refractivity contribution in [2.45, 2.75) is 59.3 Å². The lowest BCUT2D eigenvalue weighted by molar-refractivity contribution is 0.423. The first-order chi connectivity index (χ1) is 9.84. The molecular formula is C19H32N2O. The Kier molecular flexibility index (Phi) is 5.45. The molecule has 1 rings (SSSR count). The van der Waals surface area contributed by atoms with Crippen LogP contribution in [-0.4, -0.2) is 36.5 Å². The molecule has 0 aromatic heterocycles. The van der Waals surface area contributed by atoms with Crippen molar-refractivity contribution in [3.63, 3.8) is 0 Å². The summed E-state index contributed by atoms with van der Waals surface area (Å²) in [6.45, 7) is 15.6. The third-order valence-electron chi connectivity index (χ3n) is 3.76. The molecule has 0 heterocycles. The lowest BCUT2D eigenvalue weighted by Gasteiger charge is -2.27. The molecule has 0 fully saturated rings. The molecule has 3 heteroatoms. The topological polar surface area (TPSA) is 35.8 Å². The monoisotopic (exact) mass is 304 g/mol. The lowest BCUT2D eigenvalue weighted by atomic mass is 9.78. The van der Waals surface area contributed by atoms with Crippen molar-refractivity contribution in [1.29, 1.82) is 0 Å². The number of aliphatic imine (C=N–C) groups is 1. The second-order valence-corrected chi connectivity index (χ2v) is 8.38. The predicted octanol–water partition coefficient (Wildman–Crippen LogP) is 4.32. The molecule has 0 spiro atoms. The molecule has 22 heavy (non-hydrogen) atoms. The first-order valence-corrected chi connectivity index (χ1v) is 7.88. The second-order valence-electron chi connectivity index (χ2n) is 8.38. The molecule has 1 N–H and O–H groups in total. The zero-order valence-electron chi connectivity index (χ0n) is 15.7. The molecule has 0 aliphatic carbocycles. The maximum atomic E-state index is 10.8. The highest BCUT2D eigenvalue weighted by Gasteiger charge is 2.25. The van der Waals surface area contributed by atoms with Gasteiger partial charge in [-0.1, -0.05) is 47.6 Å². The van der Waals surface area contributed by atoms with Gasteiger partial charge in [0, 0.05) is 16.8 Å². The van der Waals surface area contributed by atoms with E-state index in [-0.39, 0.29) is 10.8 Å². The Labute approximate surface area is 136 Å². The summed E-state index contributed by atoms with van der Waals surface area (Å²) in [6, 6.07) is 4.22. The van der Waals surface area contributed by atoms with Crippen LogP contribution < -0.4 is 0 Å². The summed E-state index contributed by atoms with van der Waals surface area (Å²) in [5.74, 6) is 0.362. The summed E-state index contributed by atoms with van der Waals surface area (Å²) >= 11 is 0. The van der Waals surface area contributed by atoms with Crippen LogP contribution in [0.15, 0.2) is 17.1 Å². The van der Waals surface area contributed by atoms with E-state index >= 15 is 0 Å². The highest BCUT2D eigenvalue weighted by molar-refractivity contribution is 6.01. The van der Waals surface area contributed by atoms with Crippen molar-refractivity contribution < 1.29 is 5.11 Å². The minimum atomic E-state index is -0.109. The van der Waals surface area contributed by atoms with Crippen molar-refractivity contribution in [3.05, 3.63) is 28.8 Å². The first kappa shape index (κ1) is 18.7. The van der Waals surface area contributed by atoms with Crippen LogP contribution in [0.25, 0.3) is 0 Å². The molecule has 0 saturated heterocycles. The number of hydrogen-bond donors (Lipinski definition) is 1. The summed E-state index contributed by atoms with van der Waals surface area (Å²) in [6.07, 6.45) is 0. The van der Waals surface area contributed by atoms with E-state index in [9.17, 15) is 5.11 Å². The number of nitrogens with zero attached hydrogens (tertiary/aromatic N) is 2. The van der Waals surface area contributed by atoms with Crippen LogP contribution in [0.4, 0.5) is 0 Å². The van der Waals surface area contributed by atoms with Gasteiger partial charge >= 0.3 is 0 Å². The van der Waals surface area contributed by atoms with Crippen LogP contribution in [0.3, 0.4) is 0 Å². The van der Waals surface area contributed by atoms with Crippen LogP contribution in [0.5, 0.6) is 5.75 Å². The van der Waals surface area contributed by atoms with E-state index in [4.69, 9.17) is 0 Å². The highest BCUT2D eigenvalue weighted by Crippen LogP contribution is 2.37. The molecule has 1 aromatic carbocycles. The molecule has 0 aliphatic heterocycles. The van der Waals surface area contributed by atoms with Crippen LogP contribution in [0, 0.1) is 0 Å². The van der Waals surface area contributed by atoms with Crippen molar-refractivity contribution in [3.8, 4) is 5.75 Å². The van der Waals surface area contributed by atoms with Gasteiger partial charge < -0.3 is 5.11 Å². The highest BCUT2D eigenvalue weighted by atomic mass is 16.3. The molecule has 3 nitrogen and oxygen atoms in total. The number of phenols is 1. The van der Waals surface area contributed by atoms with E-state index in [0.717, 1.165) is 16.8 Å². The Morgan fingerprint density at radius 3 is 2.00 bits per heavy atom. The fraction of sp³-hybridized carbons (Fsp3) is 0.632. The molecule has 0 bridgehead atoms. The molecule has 0 aliphatic rings. The maximum absolute atomic E-state index is 10.8. The SMILES string of the molecule is C/C(=N\CN(C)C)c1cc(C(C)(C)C)cc(C(C)(C)C)c1O. The average molecular weight is 304 g/mol. The quantitative estimate of drug-likeness (QED) is 0.844. The van der Waals surface area contributed by atoms with Gasteiger partial charge in [0.1, 0.15) is 5.75 Å². The summed E-state index contributed by atoms with van der Waals surface area (Å²) in [5, 5.41) is 10.8. The zero-order chi connectivity index (χ0) is 17.3. The van der Waals surface area contributed by atoms with Gasteiger partial charge in [-0.25, -0.2) is 0 Å². The standard InChI is InChI=1S/C19H32N2O/c1-13(20-12-21(8)9)15-10-14(18(2,3)4)11-16(17(15)22)19(5,6)7/h10-11,22H,12H2,1-9H3/b20-13+. The van der Waals surface area contributed by atoms with Crippen LogP contribution >= 0.6 is 0 Å². The van der Waals surface area contributed by atoms with Crippen molar-refractivity contribution >= 4 is 5.71 Å².